The van der Waals surface area contributed by atoms with Crippen molar-refractivity contribution >= 4 is 11.8 Å². The van der Waals surface area contributed by atoms with Crippen LogP contribution in [0.3, 0.4) is 0 Å². The van der Waals surface area contributed by atoms with Gasteiger partial charge in [0, 0.05) is 4.90 Å². The second-order valence-corrected chi connectivity index (χ2v) is 3.83. The predicted octanol–water partition coefficient (Wildman–Crippen LogP) is 2.98. The highest BCUT2D eigenvalue weighted by Crippen LogP contribution is 2.22. The van der Waals surface area contributed by atoms with Gasteiger partial charge in [-0.1, -0.05) is 6.92 Å². The summed E-state index contributed by atoms with van der Waals surface area (Å²) in [5.74, 6) is 1.08. The molecule has 1 aromatic carbocycles. The van der Waals surface area contributed by atoms with Gasteiger partial charge in [-0.25, -0.2) is 0 Å². The fourth-order valence-electron chi connectivity index (χ4n) is 1.04. The zero-order chi connectivity index (χ0) is 8.97. The molecule has 1 rings (SSSR count). The number of hydrogen-bond acceptors (Lipinski definition) is 2. The maximum absolute atomic E-state index is 8.63. The highest BCUT2D eigenvalue weighted by molar-refractivity contribution is 7.99. The SMILES string of the molecule is CCSc1ccc(C#N)cc1C. The minimum absolute atomic E-state index is 0.743. The Hall–Kier alpha value is -0.940. The van der Waals surface area contributed by atoms with E-state index in [-0.39, 0.29) is 0 Å². The second-order valence-electron chi connectivity index (χ2n) is 2.53. The van der Waals surface area contributed by atoms with E-state index >= 15 is 0 Å². The number of nitriles is 1. The van der Waals surface area contributed by atoms with Crippen LogP contribution in [0.5, 0.6) is 0 Å². The van der Waals surface area contributed by atoms with Crippen molar-refractivity contribution in [2.24, 2.45) is 0 Å². The fraction of sp³-hybridized carbons (Fsp3) is 0.300. The molecule has 12 heavy (non-hydrogen) atoms. The Morgan fingerprint density at radius 2 is 2.25 bits per heavy atom. The Balaban J connectivity index is 2.97. The molecular weight excluding hydrogens is 166 g/mol. The molecule has 0 aromatic heterocycles. The molecule has 1 nitrogen and oxygen atoms in total. The van der Waals surface area contributed by atoms with Crippen LogP contribution in [0.25, 0.3) is 0 Å². The molecule has 0 unspecified atom stereocenters. The van der Waals surface area contributed by atoms with Crippen LogP contribution in [0.4, 0.5) is 0 Å². The van der Waals surface area contributed by atoms with E-state index in [1.54, 1.807) is 0 Å². The Bertz CT molecular complexity index is 312. The molecule has 2 heteroatoms. The fourth-order valence-corrected chi connectivity index (χ4v) is 1.80. The molecule has 0 bridgehead atoms. The zero-order valence-electron chi connectivity index (χ0n) is 7.29. The van der Waals surface area contributed by atoms with Crippen molar-refractivity contribution in [3.63, 3.8) is 0 Å². The van der Waals surface area contributed by atoms with Crippen LogP contribution in [0.2, 0.25) is 0 Å². The van der Waals surface area contributed by atoms with Crippen molar-refractivity contribution in [3.8, 4) is 6.07 Å². The van der Waals surface area contributed by atoms with E-state index in [1.807, 2.05) is 36.9 Å². The van der Waals surface area contributed by atoms with Crippen LogP contribution in [0, 0.1) is 18.3 Å². The molecule has 0 heterocycles. The van der Waals surface area contributed by atoms with E-state index in [1.165, 1.54) is 10.5 Å². The van der Waals surface area contributed by atoms with Crippen molar-refractivity contribution in [1.82, 2.24) is 0 Å². The van der Waals surface area contributed by atoms with Crippen LogP contribution >= 0.6 is 11.8 Å². The van der Waals surface area contributed by atoms with Gasteiger partial charge in [0.15, 0.2) is 0 Å². The van der Waals surface area contributed by atoms with Crippen molar-refractivity contribution in [2.75, 3.05) is 5.75 Å². The normalized spacial score (nSPS) is 9.42. The first-order valence-electron chi connectivity index (χ1n) is 3.91. The van der Waals surface area contributed by atoms with Gasteiger partial charge in [-0.3, -0.25) is 0 Å². The molecule has 0 atom stereocenters. The zero-order valence-corrected chi connectivity index (χ0v) is 8.11. The molecule has 0 saturated heterocycles. The summed E-state index contributed by atoms with van der Waals surface area (Å²) < 4.78 is 0. The van der Waals surface area contributed by atoms with Crippen LogP contribution in [-0.4, -0.2) is 5.75 Å². The molecule has 0 spiro atoms. The van der Waals surface area contributed by atoms with Gasteiger partial charge in [0.1, 0.15) is 0 Å². The maximum Gasteiger partial charge on any atom is 0.0991 e. The lowest BCUT2D eigenvalue weighted by molar-refractivity contribution is 1.28. The summed E-state index contributed by atoms with van der Waals surface area (Å²) in [5.41, 5.74) is 1.94. The topological polar surface area (TPSA) is 23.8 Å². The van der Waals surface area contributed by atoms with Gasteiger partial charge >= 0.3 is 0 Å². The number of hydrogen-bond donors (Lipinski definition) is 0. The molecule has 0 radical (unpaired) electrons. The quantitative estimate of drug-likeness (QED) is 0.648. The number of nitrogens with zero attached hydrogens (tertiary/aromatic N) is 1. The Morgan fingerprint density at radius 3 is 2.75 bits per heavy atom. The molecule has 0 fully saturated rings. The number of benzene rings is 1. The molecule has 62 valence electrons. The Kier molecular flexibility index (Phi) is 3.19. The third-order valence-corrected chi connectivity index (χ3v) is 2.66. The van der Waals surface area contributed by atoms with E-state index in [9.17, 15) is 0 Å². The van der Waals surface area contributed by atoms with Crippen LogP contribution in [0.15, 0.2) is 23.1 Å². The summed E-state index contributed by atoms with van der Waals surface area (Å²) in [6, 6.07) is 7.94. The summed E-state index contributed by atoms with van der Waals surface area (Å²) in [7, 11) is 0. The highest BCUT2D eigenvalue weighted by Gasteiger charge is 1.98. The van der Waals surface area contributed by atoms with Crippen LogP contribution in [-0.2, 0) is 0 Å². The summed E-state index contributed by atoms with van der Waals surface area (Å²) in [5, 5.41) is 8.63. The molecule has 0 saturated carbocycles. The molecule has 0 aliphatic heterocycles. The van der Waals surface area contributed by atoms with E-state index < -0.39 is 0 Å². The first-order valence-corrected chi connectivity index (χ1v) is 4.90. The summed E-state index contributed by atoms with van der Waals surface area (Å²) in [6.45, 7) is 4.17. The first-order chi connectivity index (χ1) is 5.77. The van der Waals surface area contributed by atoms with Crippen molar-refractivity contribution < 1.29 is 0 Å². The van der Waals surface area contributed by atoms with Gasteiger partial charge < -0.3 is 0 Å². The standard InChI is InChI=1S/C10H11NS/c1-3-12-10-5-4-9(7-11)6-8(10)2/h4-6H,3H2,1-2H3. The minimum Gasteiger partial charge on any atom is -0.192 e. The molecule has 0 aliphatic carbocycles. The van der Waals surface area contributed by atoms with Crippen molar-refractivity contribution in [2.45, 2.75) is 18.7 Å². The number of aryl methyl sites for hydroxylation is 1. The van der Waals surface area contributed by atoms with E-state index in [4.69, 9.17) is 5.26 Å². The van der Waals surface area contributed by atoms with Gasteiger partial charge in [0.05, 0.1) is 11.6 Å². The van der Waals surface area contributed by atoms with Crippen molar-refractivity contribution in [3.05, 3.63) is 29.3 Å². The third kappa shape index (κ3) is 2.02. The molecule has 0 aliphatic rings. The molecular formula is C10H11NS. The summed E-state index contributed by atoms with van der Waals surface area (Å²) in [6.07, 6.45) is 0. The first kappa shape index (κ1) is 9.15. The largest absolute Gasteiger partial charge is 0.192 e. The molecule has 0 amide bonds. The van der Waals surface area contributed by atoms with Gasteiger partial charge in [-0.15, -0.1) is 11.8 Å². The molecule has 0 N–H and O–H groups in total. The monoisotopic (exact) mass is 177 g/mol. The predicted molar refractivity (Wildman–Crippen MR) is 52.3 cm³/mol. The van der Waals surface area contributed by atoms with Gasteiger partial charge in [-0.05, 0) is 36.4 Å². The lowest BCUT2D eigenvalue weighted by Gasteiger charge is -2.02. The minimum atomic E-state index is 0.743. The number of rotatable bonds is 2. The lowest BCUT2D eigenvalue weighted by atomic mass is 10.2. The summed E-state index contributed by atoms with van der Waals surface area (Å²) in [4.78, 5) is 1.27. The van der Waals surface area contributed by atoms with Crippen LogP contribution in [0.1, 0.15) is 18.1 Å². The Morgan fingerprint density at radius 1 is 1.50 bits per heavy atom. The van der Waals surface area contributed by atoms with Crippen molar-refractivity contribution in [1.29, 1.82) is 5.26 Å². The lowest BCUT2D eigenvalue weighted by Crippen LogP contribution is -1.82. The highest BCUT2D eigenvalue weighted by atomic mass is 32.2. The maximum atomic E-state index is 8.63. The van der Waals surface area contributed by atoms with Gasteiger partial charge in [0.2, 0.25) is 0 Å². The Labute approximate surface area is 77.4 Å². The van der Waals surface area contributed by atoms with E-state index in [2.05, 4.69) is 13.0 Å². The third-order valence-electron chi connectivity index (χ3n) is 1.60. The van der Waals surface area contributed by atoms with E-state index in [0.29, 0.717) is 0 Å². The number of thioether (sulfide) groups is 1. The smallest absolute Gasteiger partial charge is 0.0991 e. The van der Waals surface area contributed by atoms with E-state index in [0.717, 1.165) is 11.3 Å². The molecule has 1 aromatic rings. The van der Waals surface area contributed by atoms with Crippen LogP contribution < -0.4 is 0 Å². The van der Waals surface area contributed by atoms with Gasteiger partial charge in [-0.2, -0.15) is 5.26 Å². The average molecular weight is 177 g/mol. The summed E-state index contributed by atoms with van der Waals surface area (Å²) >= 11 is 1.81. The average Bonchev–Trinajstić information content (AvgIpc) is 2.09. The second kappa shape index (κ2) is 4.18. The van der Waals surface area contributed by atoms with Gasteiger partial charge in [0.25, 0.3) is 0 Å².